The van der Waals surface area contributed by atoms with Gasteiger partial charge in [0, 0.05) is 38.2 Å². The van der Waals surface area contributed by atoms with Gasteiger partial charge in [-0.15, -0.1) is 0 Å². The number of aryl methyl sites for hydroxylation is 2. The molecule has 1 aromatic carbocycles. The Morgan fingerprint density at radius 3 is 2.47 bits per heavy atom. The number of piperazine rings is 1. The standard InChI is InChI=1S/C24H29N3O5/c1-16-20(17(2)32-25-16)15-31-21-8-4-18(14-22(21)30-3)5-9-23(28)26-10-12-27(13-11-26)24(29)19-6-7-19/h4-5,8-9,14,19H,6-7,10-13,15H2,1-3H3. The third kappa shape index (κ3) is 4.95. The molecule has 1 aliphatic heterocycles. The fraction of sp³-hybridized carbons (Fsp3) is 0.458. The molecule has 0 unspecified atom stereocenters. The van der Waals surface area contributed by atoms with Gasteiger partial charge in [0.05, 0.1) is 18.4 Å². The van der Waals surface area contributed by atoms with E-state index < -0.39 is 0 Å². The van der Waals surface area contributed by atoms with Gasteiger partial charge in [-0.1, -0.05) is 11.2 Å². The number of carbonyl (C=O) groups is 2. The predicted molar refractivity (Wildman–Crippen MR) is 118 cm³/mol. The van der Waals surface area contributed by atoms with Crippen LogP contribution in [0.3, 0.4) is 0 Å². The number of rotatable bonds is 7. The molecule has 8 nitrogen and oxygen atoms in total. The summed E-state index contributed by atoms with van der Waals surface area (Å²) in [6, 6.07) is 5.53. The number of nitrogens with zero attached hydrogens (tertiary/aromatic N) is 3. The van der Waals surface area contributed by atoms with E-state index in [2.05, 4.69) is 5.16 Å². The van der Waals surface area contributed by atoms with Crippen LogP contribution in [0, 0.1) is 19.8 Å². The summed E-state index contributed by atoms with van der Waals surface area (Å²) in [6.45, 7) is 6.42. The highest BCUT2D eigenvalue weighted by Crippen LogP contribution is 2.31. The molecule has 0 N–H and O–H groups in total. The zero-order valence-electron chi connectivity index (χ0n) is 18.8. The molecule has 1 aliphatic carbocycles. The highest BCUT2D eigenvalue weighted by Gasteiger charge is 2.34. The maximum Gasteiger partial charge on any atom is 0.246 e. The minimum absolute atomic E-state index is 0.0544. The van der Waals surface area contributed by atoms with Crippen LogP contribution in [-0.2, 0) is 16.2 Å². The zero-order valence-corrected chi connectivity index (χ0v) is 18.8. The SMILES string of the molecule is COc1cc(C=CC(=O)N2CCN(C(=O)C3CC3)CC2)ccc1OCc1c(C)noc1C. The molecule has 1 saturated heterocycles. The number of aromatic nitrogens is 1. The minimum Gasteiger partial charge on any atom is -0.493 e. The molecule has 32 heavy (non-hydrogen) atoms. The molecule has 0 atom stereocenters. The first-order chi connectivity index (χ1) is 15.5. The van der Waals surface area contributed by atoms with Gasteiger partial charge in [0.1, 0.15) is 12.4 Å². The first-order valence-electron chi connectivity index (χ1n) is 10.9. The molecule has 0 radical (unpaired) electrons. The number of carbonyl (C=O) groups excluding carboxylic acids is 2. The summed E-state index contributed by atoms with van der Waals surface area (Å²) in [5.41, 5.74) is 2.56. The summed E-state index contributed by atoms with van der Waals surface area (Å²) in [5.74, 6) is 2.34. The van der Waals surface area contributed by atoms with Crippen molar-refractivity contribution in [2.24, 2.45) is 5.92 Å². The van der Waals surface area contributed by atoms with E-state index in [4.69, 9.17) is 14.0 Å². The number of hydrogen-bond acceptors (Lipinski definition) is 6. The molecule has 4 rings (SSSR count). The van der Waals surface area contributed by atoms with Gasteiger partial charge in [-0.3, -0.25) is 9.59 Å². The molecular weight excluding hydrogens is 410 g/mol. The molecule has 2 heterocycles. The van der Waals surface area contributed by atoms with Crippen molar-refractivity contribution in [3.05, 3.63) is 46.9 Å². The van der Waals surface area contributed by atoms with Gasteiger partial charge in [-0.05, 0) is 50.5 Å². The number of methoxy groups -OCH3 is 1. The molecule has 2 aliphatic rings. The van der Waals surface area contributed by atoms with E-state index in [0.29, 0.717) is 44.3 Å². The highest BCUT2D eigenvalue weighted by atomic mass is 16.5. The lowest BCUT2D eigenvalue weighted by atomic mass is 10.1. The van der Waals surface area contributed by atoms with Gasteiger partial charge in [-0.2, -0.15) is 0 Å². The van der Waals surface area contributed by atoms with Gasteiger partial charge in [0.25, 0.3) is 0 Å². The van der Waals surface area contributed by atoms with E-state index in [0.717, 1.165) is 35.4 Å². The van der Waals surface area contributed by atoms with Crippen molar-refractivity contribution in [1.82, 2.24) is 15.0 Å². The maximum absolute atomic E-state index is 12.6. The van der Waals surface area contributed by atoms with E-state index in [9.17, 15) is 9.59 Å². The van der Waals surface area contributed by atoms with Crippen molar-refractivity contribution in [2.75, 3.05) is 33.3 Å². The highest BCUT2D eigenvalue weighted by molar-refractivity contribution is 5.92. The van der Waals surface area contributed by atoms with Gasteiger partial charge in [0.15, 0.2) is 11.5 Å². The molecule has 2 fully saturated rings. The van der Waals surface area contributed by atoms with Crippen LogP contribution < -0.4 is 9.47 Å². The second-order valence-corrected chi connectivity index (χ2v) is 8.26. The topological polar surface area (TPSA) is 85.1 Å². The van der Waals surface area contributed by atoms with Gasteiger partial charge in [-0.25, -0.2) is 0 Å². The average molecular weight is 440 g/mol. The number of hydrogen-bond donors (Lipinski definition) is 0. The molecule has 1 aromatic heterocycles. The van der Waals surface area contributed by atoms with Crippen molar-refractivity contribution >= 4 is 17.9 Å². The van der Waals surface area contributed by atoms with E-state index in [1.165, 1.54) is 0 Å². The largest absolute Gasteiger partial charge is 0.493 e. The van der Waals surface area contributed by atoms with Crippen molar-refractivity contribution in [3.8, 4) is 11.5 Å². The Morgan fingerprint density at radius 1 is 1.12 bits per heavy atom. The van der Waals surface area contributed by atoms with E-state index in [1.807, 2.05) is 36.9 Å². The first kappa shape index (κ1) is 21.9. The molecule has 170 valence electrons. The van der Waals surface area contributed by atoms with Crippen molar-refractivity contribution in [1.29, 1.82) is 0 Å². The third-order valence-corrected chi connectivity index (χ3v) is 5.99. The predicted octanol–water partition coefficient (Wildman–Crippen LogP) is 2.97. The molecule has 8 heteroatoms. The summed E-state index contributed by atoms with van der Waals surface area (Å²) in [6.07, 6.45) is 5.35. The molecule has 2 amide bonds. The van der Waals surface area contributed by atoms with Crippen LogP contribution in [0.5, 0.6) is 11.5 Å². The maximum atomic E-state index is 12.6. The Kier molecular flexibility index (Phi) is 6.48. The second kappa shape index (κ2) is 9.46. The second-order valence-electron chi connectivity index (χ2n) is 8.26. The Balaban J connectivity index is 1.33. The van der Waals surface area contributed by atoms with Gasteiger partial charge in [0.2, 0.25) is 11.8 Å². The fourth-order valence-electron chi connectivity index (χ4n) is 3.77. The normalized spacial score (nSPS) is 16.5. The van der Waals surface area contributed by atoms with E-state index in [1.54, 1.807) is 24.2 Å². The summed E-state index contributed by atoms with van der Waals surface area (Å²) in [4.78, 5) is 28.4. The third-order valence-electron chi connectivity index (χ3n) is 5.99. The quantitative estimate of drug-likeness (QED) is 0.617. The van der Waals surface area contributed by atoms with Crippen LogP contribution in [0.4, 0.5) is 0 Å². The van der Waals surface area contributed by atoms with Gasteiger partial charge < -0.3 is 23.8 Å². The van der Waals surface area contributed by atoms with Crippen LogP contribution in [-0.4, -0.2) is 60.1 Å². The Hall–Kier alpha value is -3.29. The number of benzene rings is 1. The summed E-state index contributed by atoms with van der Waals surface area (Å²) >= 11 is 0. The lowest BCUT2D eigenvalue weighted by Gasteiger charge is -2.34. The Labute approximate surface area is 187 Å². The van der Waals surface area contributed by atoms with Crippen molar-refractivity contribution < 1.29 is 23.6 Å². The van der Waals surface area contributed by atoms with Crippen LogP contribution in [0.25, 0.3) is 6.08 Å². The lowest BCUT2D eigenvalue weighted by Crippen LogP contribution is -2.50. The number of ether oxygens (including phenoxy) is 2. The van der Waals surface area contributed by atoms with Crippen LogP contribution in [0.1, 0.15) is 35.4 Å². The van der Waals surface area contributed by atoms with Crippen LogP contribution in [0.2, 0.25) is 0 Å². The smallest absolute Gasteiger partial charge is 0.246 e. The van der Waals surface area contributed by atoms with Crippen LogP contribution >= 0.6 is 0 Å². The van der Waals surface area contributed by atoms with Crippen molar-refractivity contribution in [3.63, 3.8) is 0 Å². The Bertz CT molecular complexity index is 997. The molecule has 2 aromatic rings. The van der Waals surface area contributed by atoms with E-state index in [-0.39, 0.29) is 17.7 Å². The lowest BCUT2D eigenvalue weighted by molar-refractivity contribution is -0.138. The minimum atomic E-state index is -0.0544. The monoisotopic (exact) mass is 439 g/mol. The fourth-order valence-corrected chi connectivity index (χ4v) is 3.77. The first-order valence-corrected chi connectivity index (χ1v) is 10.9. The average Bonchev–Trinajstić information content (AvgIpc) is 3.62. The molecular formula is C24H29N3O5. The summed E-state index contributed by atoms with van der Waals surface area (Å²) < 4.78 is 16.5. The van der Waals surface area contributed by atoms with E-state index >= 15 is 0 Å². The van der Waals surface area contributed by atoms with Gasteiger partial charge >= 0.3 is 0 Å². The van der Waals surface area contributed by atoms with Crippen molar-refractivity contribution in [2.45, 2.75) is 33.3 Å². The summed E-state index contributed by atoms with van der Waals surface area (Å²) in [5, 5.41) is 3.94. The van der Waals surface area contributed by atoms with Crippen LogP contribution in [0.15, 0.2) is 28.8 Å². The number of amides is 2. The molecule has 0 bridgehead atoms. The molecule has 0 spiro atoms. The zero-order chi connectivity index (χ0) is 22.7. The summed E-state index contributed by atoms with van der Waals surface area (Å²) in [7, 11) is 1.58. The Morgan fingerprint density at radius 2 is 1.84 bits per heavy atom. The molecule has 1 saturated carbocycles.